The van der Waals surface area contributed by atoms with Gasteiger partial charge in [0, 0.05) is 0 Å². The van der Waals surface area contributed by atoms with E-state index in [1.54, 1.807) is 0 Å². The number of aryl methyl sites for hydroxylation is 1. The molecule has 0 saturated heterocycles. The average Bonchev–Trinajstić information content (AvgIpc) is 2.70. The first-order chi connectivity index (χ1) is 8.06. The summed E-state index contributed by atoms with van der Waals surface area (Å²) in [5.41, 5.74) is 6.85. The van der Waals surface area contributed by atoms with E-state index in [9.17, 15) is 4.39 Å². The minimum absolute atomic E-state index is 0.0622. The van der Waals surface area contributed by atoms with Gasteiger partial charge in [-0.15, -0.1) is 0 Å². The van der Waals surface area contributed by atoms with E-state index in [-0.39, 0.29) is 11.9 Å². The number of halogens is 1. The van der Waals surface area contributed by atoms with Gasteiger partial charge in [0.15, 0.2) is 0 Å². The Morgan fingerprint density at radius 2 is 2.06 bits per heavy atom. The zero-order valence-electron chi connectivity index (χ0n) is 9.83. The van der Waals surface area contributed by atoms with Crippen molar-refractivity contribution in [3.63, 3.8) is 0 Å². The summed E-state index contributed by atoms with van der Waals surface area (Å²) in [6.07, 6.45) is 0. The van der Waals surface area contributed by atoms with Crippen molar-refractivity contribution in [3.05, 3.63) is 47.7 Å². The predicted molar refractivity (Wildman–Crippen MR) is 66.3 cm³/mol. The topological polar surface area (TPSA) is 51.2 Å². The predicted octanol–water partition coefficient (Wildman–Crippen LogP) is 3.48. The lowest BCUT2D eigenvalue weighted by atomic mass is 10.2. The maximum absolute atomic E-state index is 13.1. The minimum atomic E-state index is -0.315. The molecule has 1 aromatic carbocycles. The molecule has 1 unspecified atom stereocenters. The second-order valence-corrected chi connectivity index (χ2v) is 4.05. The summed E-state index contributed by atoms with van der Waals surface area (Å²) in [5, 5.41) is 3.12. The van der Waals surface area contributed by atoms with Gasteiger partial charge in [-0.25, -0.2) is 4.39 Å². The Hall–Kier alpha value is -1.97. The molecule has 4 heteroatoms. The van der Waals surface area contributed by atoms with Crippen LogP contribution >= 0.6 is 0 Å². The van der Waals surface area contributed by atoms with E-state index < -0.39 is 0 Å². The van der Waals surface area contributed by atoms with Gasteiger partial charge in [0.2, 0.25) is 0 Å². The van der Waals surface area contributed by atoms with E-state index >= 15 is 0 Å². The number of nitrogens with one attached hydrogen (secondary N) is 1. The van der Waals surface area contributed by atoms with Crippen molar-refractivity contribution < 1.29 is 8.81 Å². The number of rotatable bonds is 3. The largest absolute Gasteiger partial charge is 0.464 e. The quantitative estimate of drug-likeness (QED) is 0.799. The normalized spacial score (nSPS) is 12.4. The van der Waals surface area contributed by atoms with Crippen LogP contribution in [0, 0.1) is 12.7 Å². The molecule has 0 fully saturated rings. The molecule has 0 aliphatic rings. The maximum Gasteiger partial charge on any atom is 0.126 e. The van der Waals surface area contributed by atoms with Gasteiger partial charge in [0.1, 0.15) is 17.3 Å². The first-order valence-electron chi connectivity index (χ1n) is 5.44. The van der Waals surface area contributed by atoms with E-state index in [4.69, 9.17) is 10.2 Å². The molecule has 0 amide bonds. The molecule has 0 spiro atoms. The fourth-order valence-corrected chi connectivity index (χ4v) is 1.64. The third-order valence-corrected chi connectivity index (χ3v) is 2.58. The fourth-order valence-electron chi connectivity index (χ4n) is 1.64. The number of hydrogen-bond donors (Lipinski definition) is 2. The Labute approximate surface area is 99.4 Å². The second-order valence-electron chi connectivity index (χ2n) is 4.05. The van der Waals surface area contributed by atoms with E-state index in [0.29, 0.717) is 11.4 Å². The van der Waals surface area contributed by atoms with Gasteiger partial charge in [-0.3, -0.25) is 0 Å². The molecule has 17 heavy (non-hydrogen) atoms. The van der Waals surface area contributed by atoms with Gasteiger partial charge >= 0.3 is 0 Å². The first-order valence-corrected chi connectivity index (χ1v) is 5.44. The van der Waals surface area contributed by atoms with Crippen LogP contribution in [0.3, 0.4) is 0 Å². The van der Waals surface area contributed by atoms with Crippen LogP contribution in [0.5, 0.6) is 0 Å². The van der Waals surface area contributed by atoms with E-state index in [1.165, 1.54) is 18.2 Å². The van der Waals surface area contributed by atoms with Gasteiger partial charge in [-0.05, 0) is 44.2 Å². The summed E-state index contributed by atoms with van der Waals surface area (Å²) in [7, 11) is 0. The second kappa shape index (κ2) is 4.49. The smallest absolute Gasteiger partial charge is 0.126 e. The summed E-state index contributed by atoms with van der Waals surface area (Å²) in [5.74, 6) is 1.33. The summed E-state index contributed by atoms with van der Waals surface area (Å²) in [4.78, 5) is 0. The number of hydrogen-bond acceptors (Lipinski definition) is 3. The summed E-state index contributed by atoms with van der Waals surface area (Å²) in [6.45, 7) is 3.81. The SMILES string of the molecule is Cc1ccc(C(C)Nc2cc(F)ccc2N)o1. The number of nitrogens with two attached hydrogens (primary N) is 1. The Morgan fingerprint density at radius 1 is 1.29 bits per heavy atom. The van der Waals surface area contributed by atoms with Crippen LogP contribution in [0.4, 0.5) is 15.8 Å². The third kappa shape index (κ3) is 2.58. The molecule has 3 nitrogen and oxygen atoms in total. The number of benzene rings is 1. The molecule has 0 aliphatic carbocycles. The number of nitrogen functional groups attached to an aromatic ring is 1. The Morgan fingerprint density at radius 3 is 2.71 bits per heavy atom. The number of furan rings is 1. The van der Waals surface area contributed by atoms with Crippen molar-refractivity contribution in [1.82, 2.24) is 0 Å². The highest BCUT2D eigenvalue weighted by Crippen LogP contribution is 2.25. The molecular formula is C13H15FN2O. The third-order valence-electron chi connectivity index (χ3n) is 2.58. The van der Waals surface area contributed by atoms with Crippen LogP contribution in [-0.2, 0) is 0 Å². The van der Waals surface area contributed by atoms with Crippen LogP contribution in [0.25, 0.3) is 0 Å². The summed E-state index contributed by atoms with van der Waals surface area (Å²) >= 11 is 0. The summed E-state index contributed by atoms with van der Waals surface area (Å²) < 4.78 is 18.6. The molecule has 0 radical (unpaired) electrons. The van der Waals surface area contributed by atoms with Gasteiger partial charge in [-0.2, -0.15) is 0 Å². The average molecular weight is 234 g/mol. The van der Waals surface area contributed by atoms with Crippen molar-refractivity contribution in [2.45, 2.75) is 19.9 Å². The maximum atomic E-state index is 13.1. The molecule has 2 rings (SSSR count). The summed E-state index contributed by atoms with van der Waals surface area (Å²) in [6, 6.07) is 7.97. The molecule has 0 aliphatic heterocycles. The Balaban J connectivity index is 2.18. The van der Waals surface area contributed by atoms with Crippen molar-refractivity contribution in [2.24, 2.45) is 0 Å². The monoisotopic (exact) mass is 234 g/mol. The van der Waals surface area contributed by atoms with E-state index in [2.05, 4.69) is 5.32 Å². The van der Waals surface area contributed by atoms with E-state index in [0.717, 1.165) is 11.5 Å². The Bertz CT molecular complexity index is 522. The fraction of sp³-hybridized carbons (Fsp3) is 0.231. The first kappa shape index (κ1) is 11.5. The molecule has 2 aromatic rings. The van der Waals surface area contributed by atoms with Gasteiger partial charge in [0.05, 0.1) is 17.4 Å². The van der Waals surface area contributed by atoms with Gasteiger partial charge < -0.3 is 15.5 Å². The molecule has 1 atom stereocenters. The van der Waals surface area contributed by atoms with Crippen molar-refractivity contribution in [1.29, 1.82) is 0 Å². The van der Waals surface area contributed by atoms with Crippen LogP contribution in [0.1, 0.15) is 24.5 Å². The molecule has 1 heterocycles. The number of anilines is 2. The van der Waals surface area contributed by atoms with Crippen LogP contribution in [0.15, 0.2) is 34.7 Å². The van der Waals surface area contributed by atoms with Crippen molar-refractivity contribution >= 4 is 11.4 Å². The molecule has 3 N–H and O–H groups in total. The Kier molecular flexibility index (Phi) is 3.04. The molecule has 1 aromatic heterocycles. The molecular weight excluding hydrogens is 219 g/mol. The lowest BCUT2D eigenvalue weighted by Crippen LogP contribution is -2.07. The zero-order chi connectivity index (χ0) is 12.4. The molecule has 90 valence electrons. The standard InChI is InChI=1S/C13H15FN2O/c1-8-3-6-13(17-8)9(2)16-12-7-10(14)4-5-11(12)15/h3-7,9,16H,15H2,1-2H3. The van der Waals surface area contributed by atoms with Crippen molar-refractivity contribution in [2.75, 3.05) is 11.1 Å². The highest BCUT2D eigenvalue weighted by molar-refractivity contribution is 5.66. The highest BCUT2D eigenvalue weighted by Gasteiger charge is 2.11. The van der Waals surface area contributed by atoms with Crippen LogP contribution < -0.4 is 11.1 Å². The van der Waals surface area contributed by atoms with Crippen LogP contribution in [0.2, 0.25) is 0 Å². The highest BCUT2D eigenvalue weighted by atomic mass is 19.1. The lowest BCUT2D eigenvalue weighted by molar-refractivity contribution is 0.467. The van der Waals surface area contributed by atoms with E-state index in [1.807, 2.05) is 26.0 Å². The zero-order valence-corrected chi connectivity index (χ0v) is 9.83. The van der Waals surface area contributed by atoms with Gasteiger partial charge in [-0.1, -0.05) is 0 Å². The van der Waals surface area contributed by atoms with Crippen molar-refractivity contribution in [3.8, 4) is 0 Å². The minimum Gasteiger partial charge on any atom is -0.464 e. The lowest BCUT2D eigenvalue weighted by Gasteiger charge is -2.14. The molecule has 0 saturated carbocycles. The van der Waals surface area contributed by atoms with Gasteiger partial charge in [0.25, 0.3) is 0 Å². The van der Waals surface area contributed by atoms with Crippen LogP contribution in [-0.4, -0.2) is 0 Å². The molecule has 0 bridgehead atoms.